The van der Waals surface area contributed by atoms with Crippen molar-refractivity contribution in [3.63, 3.8) is 0 Å². The second kappa shape index (κ2) is 7.96. The van der Waals surface area contributed by atoms with Crippen LogP contribution in [0.4, 0.5) is 0 Å². The fourth-order valence-corrected chi connectivity index (χ4v) is 5.46. The fourth-order valence-electron chi connectivity index (χ4n) is 5.46. The first-order valence-corrected chi connectivity index (χ1v) is 10.7. The Morgan fingerprint density at radius 2 is 1.34 bits per heavy atom. The van der Waals surface area contributed by atoms with Crippen LogP contribution in [-0.4, -0.2) is 29.8 Å². The molecule has 6 rings (SSSR count). The number of Topliss-reactive ketones (excluding diaryl/α,β-unsaturated/α-hetero) is 1. The molecule has 0 aromatic heterocycles. The van der Waals surface area contributed by atoms with Crippen LogP contribution in [0.25, 0.3) is 0 Å². The number of ketones is 1. The second-order valence-corrected chi connectivity index (χ2v) is 8.49. The maximum absolute atomic E-state index is 13.7. The third-order valence-corrected chi connectivity index (χ3v) is 6.79. The molecule has 0 saturated carbocycles. The number of carbonyl (C=O) groups is 1. The molecule has 3 aliphatic heterocycles. The van der Waals surface area contributed by atoms with Gasteiger partial charge in [0, 0.05) is 18.4 Å². The molecule has 3 aliphatic rings. The van der Waals surface area contributed by atoms with Gasteiger partial charge in [0.25, 0.3) is 0 Å². The zero-order valence-electron chi connectivity index (χ0n) is 16.7. The van der Waals surface area contributed by atoms with Gasteiger partial charge in [0.15, 0.2) is 5.78 Å². The molecule has 2 nitrogen and oxygen atoms in total. The Balaban J connectivity index is 1.47. The van der Waals surface area contributed by atoms with E-state index in [1.165, 1.54) is 16.7 Å². The van der Waals surface area contributed by atoms with Crippen molar-refractivity contribution in [1.29, 1.82) is 0 Å². The molecule has 3 heterocycles. The predicted molar refractivity (Wildman–Crippen MR) is 117 cm³/mol. The summed E-state index contributed by atoms with van der Waals surface area (Å²) in [6, 6.07) is 31.8. The summed E-state index contributed by atoms with van der Waals surface area (Å²) in [4.78, 5) is 16.2. The van der Waals surface area contributed by atoms with E-state index in [4.69, 9.17) is 0 Å². The minimum absolute atomic E-state index is 0.0504. The van der Waals surface area contributed by atoms with Gasteiger partial charge in [-0.15, -0.1) is 0 Å². The van der Waals surface area contributed by atoms with Gasteiger partial charge in [-0.1, -0.05) is 91.0 Å². The van der Waals surface area contributed by atoms with Gasteiger partial charge in [0.2, 0.25) is 0 Å². The normalized spacial score (nSPS) is 26.0. The van der Waals surface area contributed by atoms with Crippen molar-refractivity contribution in [3.05, 3.63) is 108 Å². The van der Waals surface area contributed by atoms with E-state index >= 15 is 0 Å². The van der Waals surface area contributed by atoms with Crippen LogP contribution in [0.5, 0.6) is 0 Å². The smallest absolute Gasteiger partial charge is 0.154 e. The van der Waals surface area contributed by atoms with Gasteiger partial charge in [-0.2, -0.15) is 0 Å². The maximum Gasteiger partial charge on any atom is 0.154 e. The first kappa shape index (κ1) is 18.3. The van der Waals surface area contributed by atoms with E-state index in [0.29, 0.717) is 11.7 Å². The number of fused-ring (bicyclic) bond motifs is 3. The number of carbonyl (C=O) groups excluding carboxylic acids is 1. The van der Waals surface area contributed by atoms with Gasteiger partial charge in [-0.05, 0) is 42.0 Å². The summed E-state index contributed by atoms with van der Waals surface area (Å²) in [5.41, 5.74) is 3.83. The Morgan fingerprint density at radius 3 is 1.90 bits per heavy atom. The predicted octanol–water partition coefficient (Wildman–Crippen LogP) is 4.95. The molecule has 0 amide bonds. The monoisotopic (exact) mass is 381 g/mol. The first-order valence-electron chi connectivity index (χ1n) is 10.7. The van der Waals surface area contributed by atoms with Gasteiger partial charge < -0.3 is 0 Å². The van der Waals surface area contributed by atoms with Crippen molar-refractivity contribution < 1.29 is 4.79 Å². The molecule has 3 aromatic rings. The number of hydrogen-bond acceptors (Lipinski definition) is 2. The van der Waals surface area contributed by atoms with Crippen molar-refractivity contribution in [2.75, 3.05) is 13.1 Å². The highest BCUT2D eigenvalue weighted by atomic mass is 16.1. The van der Waals surface area contributed by atoms with Gasteiger partial charge in [0.1, 0.15) is 0 Å². The Bertz CT molecular complexity index is 914. The van der Waals surface area contributed by atoms with E-state index in [2.05, 4.69) is 95.9 Å². The maximum atomic E-state index is 13.7. The zero-order valence-corrected chi connectivity index (χ0v) is 16.7. The highest BCUT2D eigenvalue weighted by Crippen LogP contribution is 2.42. The molecular weight excluding hydrogens is 354 g/mol. The topological polar surface area (TPSA) is 20.3 Å². The molecule has 29 heavy (non-hydrogen) atoms. The van der Waals surface area contributed by atoms with Gasteiger partial charge in [-0.3, -0.25) is 9.69 Å². The number of benzene rings is 3. The average molecular weight is 382 g/mol. The number of nitrogens with zero attached hydrogens (tertiary/aromatic N) is 1. The molecule has 3 saturated heterocycles. The fraction of sp³-hybridized carbons (Fsp3) is 0.296. The van der Waals surface area contributed by atoms with Crippen LogP contribution in [0, 0.1) is 11.8 Å². The van der Waals surface area contributed by atoms with Crippen LogP contribution >= 0.6 is 0 Å². The SMILES string of the molecule is O=C1C2CCN(CC2Cc2ccccc2)C1C(c1ccccc1)c1ccccc1. The summed E-state index contributed by atoms with van der Waals surface area (Å²) in [7, 11) is 0. The molecule has 0 radical (unpaired) electrons. The number of rotatable bonds is 5. The van der Waals surface area contributed by atoms with Crippen molar-refractivity contribution in [1.82, 2.24) is 4.90 Å². The molecule has 0 spiro atoms. The first-order chi connectivity index (χ1) is 14.3. The molecule has 4 unspecified atom stereocenters. The van der Waals surface area contributed by atoms with E-state index in [-0.39, 0.29) is 17.9 Å². The van der Waals surface area contributed by atoms with Crippen molar-refractivity contribution in [2.24, 2.45) is 11.8 Å². The highest BCUT2D eigenvalue weighted by molar-refractivity contribution is 5.90. The molecule has 2 bridgehead atoms. The Morgan fingerprint density at radius 1 is 0.793 bits per heavy atom. The lowest BCUT2D eigenvalue weighted by molar-refractivity contribution is -0.142. The average Bonchev–Trinajstić information content (AvgIpc) is 2.78. The van der Waals surface area contributed by atoms with Crippen LogP contribution in [0.15, 0.2) is 91.0 Å². The van der Waals surface area contributed by atoms with E-state index in [0.717, 1.165) is 25.9 Å². The minimum atomic E-state index is -0.0504. The Hall–Kier alpha value is -2.71. The van der Waals surface area contributed by atoms with Crippen LogP contribution in [0.2, 0.25) is 0 Å². The third-order valence-electron chi connectivity index (χ3n) is 6.79. The quantitative estimate of drug-likeness (QED) is 0.623. The summed E-state index contributed by atoms with van der Waals surface area (Å²) in [6.07, 6.45) is 2.00. The zero-order chi connectivity index (χ0) is 19.6. The highest BCUT2D eigenvalue weighted by Gasteiger charge is 2.49. The second-order valence-electron chi connectivity index (χ2n) is 8.49. The van der Waals surface area contributed by atoms with E-state index in [9.17, 15) is 4.79 Å². The molecule has 4 atom stereocenters. The molecule has 0 aliphatic carbocycles. The summed E-state index contributed by atoms with van der Waals surface area (Å²) in [5.74, 6) is 1.16. The molecule has 2 heteroatoms. The van der Waals surface area contributed by atoms with Crippen molar-refractivity contribution >= 4 is 5.78 Å². The van der Waals surface area contributed by atoms with E-state index in [1.54, 1.807) is 0 Å². The lowest BCUT2D eigenvalue weighted by atomic mass is 9.67. The molecular formula is C27H27NO. The summed E-state index contributed by atoms with van der Waals surface area (Å²) >= 11 is 0. The standard InChI is InChI=1S/C27H27NO/c29-27-24-16-17-28(19-23(24)18-20-10-4-1-5-11-20)26(27)25(21-12-6-2-7-13-21)22-14-8-3-9-15-22/h1-15,23-26H,16-19H2. The van der Waals surface area contributed by atoms with Crippen LogP contribution in [-0.2, 0) is 11.2 Å². The Kier molecular flexibility index (Phi) is 5.03. The van der Waals surface area contributed by atoms with E-state index < -0.39 is 0 Å². The largest absolute Gasteiger partial charge is 0.298 e. The third kappa shape index (κ3) is 3.54. The molecule has 0 N–H and O–H groups in total. The summed E-state index contributed by atoms with van der Waals surface area (Å²) < 4.78 is 0. The van der Waals surface area contributed by atoms with Gasteiger partial charge in [0.05, 0.1) is 6.04 Å². The van der Waals surface area contributed by atoms with Crippen LogP contribution < -0.4 is 0 Å². The molecule has 3 aromatic carbocycles. The minimum Gasteiger partial charge on any atom is -0.298 e. The Labute approximate surface area is 173 Å². The van der Waals surface area contributed by atoms with E-state index in [1.807, 2.05) is 0 Å². The van der Waals surface area contributed by atoms with Crippen LogP contribution in [0.3, 0.4) is 0 Å². The van der Waals surface area contributed by atoms with Crippen molar-refractivity contribution in [2.45, 2.75) is 24.8 Å². The molecule has 3 fully saturated rings. The van der Waals surface area contributed by atoms with Crippen molar-refractivity contribution in [3.8, 4) is 0 Å². The lowest BCUT2D eigenvalue weighted by Gasteiger charge is -2.51. The number of hydrogen-bond donors (Lipinski definition) is 0. The van der Waals surface area contributed by atoms with Gasteiger partial charge >= 0.3 is 0 Å². The lowest BCUT2D eigenvalue weighted by Crippen LogP contribution is -2.61. The van der Waals surface area contributed by atoms with Gasteiger partial charge in [-0.25, -0.2) is 0 Å². The van der Waals surface area contributed by atoms with Crippen LogP contribution in [0.1, 0.15) is 29.0 Å². The number of piperidine rings is 3. The molecule has 146 valence electrons. The summed E-state index contributed by atoms with van der Waals surface area (Å²) in [5, 5.41) is 0. The summed E-state index contributed by atoms with van der Waals surface area (Å²) in [6.45, 7) is 2.05.